The molecule has 0 bridgehead atoms. The van der Waals surface area contributed by atoms with Gasteiger partial charge in [0.25, 0.3) is 0 Å². The summed E-state index contributed by atoms with van der Waals surface area (Å²) in [5.74, 6) is 1.24. The number of hydrogen-bond donors (Lipinski definition) is 0. The fourth-order valence-electron chi connectivity index (χ4n) is 1.89. The molecule has 3 aromatic rings. The molecule has 0 amide bonds. The van der Waals surface area contributed by atoms with Gasteiger partial charge in [-0.2, -0.15) is 5.10 Å². The number of rotatable bonds is 5. The highest BCUT2D eigenvalue weighted by molar-refractivity contribution is 7.98. The van der Waals surface area contributed by atoms with Crippen LogP contribution in [0.5, 0.6) is 0 Å². The van der Waals surface area contributed by atoms with E-state index in [4.69, 9.17) is 0 Å². The maximum absolute atomic E-state index is 10.6. The van der Waals surface area contributed by atoms with E-state index in [2.05, 4.69) is 21.4 Å². The number of thiophene rings is 1. The highest BCUT2D eigenvalue weighted by Crippen LogP contribution is 2.27. The lowest BCUT2D eigenvalue weighted by atomic mass is 10.3. The highest BCUT2D eigenvalue weighted by atomic mass is 32.2. The number of nitrogens with zero attached hydrogens (tertiary/aromatic N) is 6. The summed E-state index contributed by atoms with van der Waals surface area (Å²) in [4.78, 5) is 11.4. The molecular weight excluding hydrogens is 324 g/mol. The van der Waals surface area contributed by atoms with Crippen molar-refractivity contribution < 1.29 is 4.92 Å². The summed E-state index contributed by atoms with van der Waals surface area (Å²) in [6, 6.07) is 2.07. The summed E-state index contributed by atoms with van der Waals surface area (Å²) in [7, 11) is 1.90. The first-order chi connectivity index (χ1) is 10.5. The Morgan fingerprint density at radius 2 is 2.27 bits per heavy atom. The Hall–Kier alpha value is -2.20. The first-order valence-electron chi connectivity index (χ1n) is 6.29. The quantitative estimate of drug-likeness (QED) is 0.404. The average Bonchev–Trinajstić information content (AvgIpc) is 3.17. The maximum atomic E-state index is 10.6. The molecule has 0 aromatic carbocycles. The summed E-state index contributed by atoms with van der Waals surface area (Å²) in [6.07, 6.45) is 2.63. The van der Waals surface area contributed by atoms with E-state index in [-0.39, 0.29) is 5.69 Å². The molecule has 0 saturated heterocycles. The molecule has 0 fully saturated rings. The number of aromatic nitrogens is 5. The van der Waals surface area contributed by atoms with Crippen LogP contribution in [-0.4, -0.2) is 29.5 Å². The molecule has 3 heterocycles. The molecule has 3 rings (SSSR count). The fraction of sp³-hybridized carbons (Fsp3) is 0.250. The van der Waals surface area contributed by atoms with Gasteiger partial charge in [-0.15, -0.1) is 21.5 Å². The van der Waals surface area contributed by atoms with E-state index in [1.807, 2.05) is 23.9 Å². The van der Waals surface area contributed by atoms with Crippen molar-refractivity contribution in [2.24, 2.45) is 7.05 Å². The molecule has 114 valence electrons. The van der Waals surface area contributed by atoms with Crippen molar-refractivity contribution in [2.45, 2.75) is 18.0 Å². The van der Waals surface area contributed by atoms with Crippen molar-refractivity contribution in [3.63, 3.8) is 0 Å². The third kappa shape index (κ3) is 2.88. The van der Waals surface area contributed by atoms with Gasteiger partial charge in [0.1, 0.15) is 12.4 Å². The molecule has 0 spiro atoms. The van der Waals surface area contributed by atoms with Gasteiger partial charge in [-0.25, -0.2) is 0 Å². The topological polar surface area (TPSA) is 91.7 Å². The Labute approximate surface area is 133 Å². The van der Waals surface area contributed by atoms with Gasteiger partial charge in [0, 0.05) is 22.9 Å². The van der Waals surface area contributed by atoms with E-state index < -0.39 is 4.92 Å². The van der Waals surface area contributed by atoms with Crippen LogP contribution < -0.4 is 0 Å². The van der Waals surface area contributed by atoms with Crippen LogP contribution in [0.4, 0.5) is 5.69 Å². The monoisotopic (exact) mass is 336 g/mol. The predicted octanol–water partition coefficient (Wildman–Crippen LogP) is 2.71. The second-order valence-corrected chi connectivity index (χ2v) is 6.61. The third-order valence-electron chi connectivity index (χ3n) is 2.98. The van der Waals surface area contributed by atoms with E-state index in [0.29, 0.717) is 5.88 Å². The molecule has 0 unspecified atom stereocenters. The Bertz CT molecular complexity index is 821. The zero-order valence-corrected chi connectivity index (χ0v) is 13.5. The van der Waals surface area contributed by atoms with E-state index in [1.165, 1.54) is 33.7 Å². The number of thioether (sulfide) groups is 1. The normalized spacial score (nSPS) is 11.0. The minimum Gasteiger partial charge on any atom is -0.305 e. The molecule has 0 aliphatic carbocycles. The lowest BCUT2D eigenvalue weighted by Gasteiger charge is -2.02. The Morgan fingerprint density at radius 1 is 1.45 bits per heavy atom. The van der Waals surface area contributed by atoms with Crippen LogP contribution >= 0.6 is 23.1 Å². The van der Waals surface area contributed by atoms with Crippen molar-refractivity contribution in [1.82, 2.24) is 24.5 Å². The van der Waals surface area contributed by atoms with E-state index in [1.54, 1.807) is 11.3 Å². The second kappa shape index (κ2) is 5.89. The number of nitro groups is 1. The van der Waals surface area contributed by atoms with Gasteiger partial charge >= 0.3 is 5.69 Å². The van der Waals surface area contributed by atoms with Crippen LogP contribution in [0.1, 0.15) is 4.88 Å². The van der Waals surface area contributed by atoms with Gasteiger partial charge in [0.15, 0.2) is 11.0 Å². The SMILES string of the molecule is Cc1cc(-c2nnc(SCn3cc([N+](=O)[O-])cn3)n2C)cs1. The van der Waals surface area contributed by atoms with Crippen molar-refractivity contribution in [3.8, 4) is 11.4 Å². The summed E-state index contributed by atoms with van der Waals surface area (Å²) in [5.41, 5.74) is 1.02. The lowest BCUT2D eigenvalue weighted by molar-refractivity contribution is -0.385. The molecule has 0 atom stereocenters. The van der Waals surface area contributed by atoms with Crippen molar-refractivity contribution >= 4 is 28.8 Å². The molecule has 0 aliphatic rings. The molecular formula is C12H12N6O2S2. The van der Waals surface area contributed by atoms with Gasteiger partial charge in [0.05, 0.1) is 10.8 Å². The molecule has 22 heavy (non-hydrogen) atoms. The molecule has 0 saturated carbocycles. The van der Waals surface area contributed by atoms with Gasteiger partial charge < -0.3 is 4.57 Å². The molecule has 8 nitrogen and oxygen atoms in total. The van der Waals surface area contributed by atoms with Crippen molar-refractivity contribution in [2.75, 3.05) is 0 Å². The van der Waals surface area contributed by atoms with E-state index in [0.717, 1.165) is 16.5 Å². The molecule has 10 heteroatoms. The standard InChI is InChI=1S/C12H12N6O2S2/c1-8-3-9(6-21-8)11-14-15-12(16(11)2)22-7-17-5-10(4-13-17)18(19)20/h3-6H,7H2,1-2H3. The van der Waals surface area contributed by atoms with Crippen LogP contribution in [-0.2, 0) is 12.9 Å². The van der Waals surface area contributed by atoms with Crippen molar-refractivity contribution in [3.05, 3.63) is 38.8 Å². The Balaban J connectivity index is 1.73. The van der Waals surface area contributed by atoms with Gasteiger partial charge in [-0.3, -0.25) is 14.8 Å². The van der Waals surface area contributed by atoms with Gasteiger partial charge in [-0.1, -0.05) is 11.8 Å². The Morgan fingerprint density at radius 3 is 2.91 bits per heavy atom. The van der Waals surface area contributed by atoms with Crippen LogP contribution in [0.3, 0.4) is 0 Å². The predicted molar refractivity (Wildman–Crippen MR) is 83.8 cm³/mol. The zero-order chi connectivity index (χ0) is 15.7. The van der Waals surface area contributed by atoms with Crippen LogP contribution in [0.25, 0.3) is 11.4 Å². The minimum atomic E-state index is -0.465. The smallest absolute Gasteiger partial charge is 0.305 e. The summed E-state index contributed by atoms with van der Waals surface area (Å²) < 4.78 is 3.41. The zero-order valence-electron chi connectivity index (χ0n) is 11.8. The number of hydrogen-bond acceptors (Lipinski definition) is 7. The van der Waals surface area contributed by atoms with Gasteiger partial charge in [0.2, 0.25) is 0 Å². The van der Waals surface area contributed by atoms with Crippen molar-refractivity contribution in [1.29, 1.82) is 0 Å². The molecule has 0 N–H and O–H groups in total. The first-order valence-corrected chi connectivity index (χ1v) is 8.15. The average molecular weight is 336 g/mol. The van der Waals surface area contributed by atoms with E-state index >= 15 is 0 Å². The summed E-state index contributed by atoms with van der Waals surface area (Å²) in [6.45, 7) is 2.05. The number of aryl methyl sites for hydroxylation is 1. The molecule has 0 radical (unpaired) electrons. The first kappa shape index (κ1) is 14.7. The Kier molecular flexibility index (Phi) is 3.94. The highest BCUT2D eigenvalue weighted by Gasteiger charge is 2.14. The second-order valence-electron chi connectivity index (χ2n) is 4.58. The maximum Gasteiger partial charge on any atom is 0.307 e. The molecule has 0 aliphatic heterocycles. The summed E-state index contributed by atoms with van der Waals surface area (Å²) in [5, 5.41) is 25.7. The van der Waals surface area contributed by atoms with E-state index in [9.17, 15) is 10.1 Å². The third-order valence-corrected chi connectivity index (χ3v) is 4.85. The van der Waals surface area contributed by atoms with Crippen LogP contribution in [0.15, 0.2) is 29.0 Å². The summed E-state index contributed by atoms with van der Waals surface area (Å²) >= 11 is 3.09. The largest absolute Gasteiger partial charge is 0.307 e. The van der Waals surface area contributed by atoms with Gasteiger partial charge in [-0.05, 0) is 13.0 Å². The van der Waals surface area contributed by atoms with Crippen LogP contribution in [0.2, 0.25) is 0 Å². The fourth-order valence-corrected chi connectivity index (χ4v) is 3.34. The molecule has 3 aromatic heterocycles. The lowest BCUT2D eigenvalue weighted by Crippen LogP contribution is -1.98. The van der Waals surface area contributed by atoms with Crippen LogP contribution in [0, 0.1) is 17.0 Å². The minimum absolute atomic E-state index is 0.0204.